The monoisotopic (exact) mass is 479 g/mol. The second-order valence-corrected chi connectivity index (χ2v) is 10.2. The lowest BCUT2D eigenvalue weighted by Crippen LogP contribution is -2.31. The first-order valence-corrected chi connectivity index (χ1v) is 13.0. The van der Waals surface area contributed by atoms with E-state index in [-0.39, 0.29) is 16.8 Å². The summed E-state index contributed by atoms with van der Waals surface area (Å²) in [6.45, 7) is 3.97. The third-order valence-electron chi connectivity index (χ3n) is 5.95. The van der Waals surface area contributed by atoms with Gasteiger partial charge in [-0.3, -0.25) is 9.52 Å². The zero-order chi connectivity index (χ0) is 24.1. The molecule has 1 aliphatic carbocycles. The molecule has 0 saturated carbocycles. The third-order valence-corrected chi connectivity index (χ3v) is 7.33. The number of rotatable bonds is 8. The van der Waals surface area contributed by atoms with Gasteiger partial charge < -0.3 is 10.1 Å². The number of amides is 1. The van der Waals surface area contributed by atoms with Crippen LogP contribution in [0.1, 0.15) is 54.6 Å². The van der Waals surface area contributed by atoms with Gasteiger partial charge in [0.05, 0.1) is 16.8 Å². The van der Waals surface area contributed by atoms with E-state index in [1.807, 2.05) is 19.9 Å². The molecule has 3 aromatic rings. The van der Waals surface area contributed by atoms with Gasteiger partial charge in [0.2, 0.25) is 5.88 Å². The summed E-state index contributed by atoms with van der Waals surface area (Å²) in [5.41, 5.74) is 3.24. The first kappa shape index (κ1) is 23.8. The smallest absolute Gasteiger partial charge is 0.261 e. The summed E-state index contributed by atoms with van der Waals surface area (Å²) in [6.07, 6.45) is 6.42. The Morgan fingerprint density at radius 3 is 2.44 bits per heavy atom. The first-order valence-electron chi connectivity index (χ1n) is 11.5. The molecule has 0 radical (unpaired) electrons. The van der Waals surface area contributed by atoms with Gasteiger partial charge in [0, 0.05) is 17.7 Å². The maximum Gasteiger partial charge on any atom is 0.261 e. The van der Waals surface area contributed by atoms with E-state index < -0.39 is 10.0 Å². The molecule has 0 bridgehead atoms. The summed E-state index contributed by atoms with van der Waals surface area (Å²) in [7, 11) is -3.71. The Hall–Kier alpha value is -3.39. The Morgan fingerprint density at radius 2 is 1.76 bits per heavy atom. The molecule has 7 nitrogen and oxygen atoms in total. The van der Waals surface area contributed by atoms with Gasteiger partial charge in [-0.1, -0.05) is 13.0 Å². The highest BCUT2D eigenvalue weighted by atomic mass is 32.2. The zero-order valence-corrected chi connectivity index (χ0v) is 20.2. The maximum absolute atomic E-state index is 12.8. The van der Waals surface area contributed by atoms with Gasteiger partial charge in [-0.05, 0) is 92.6 Å². The van der Waals surface area contributed by atoms with E-state index in [1.54, 1.807) is 48.5 Å². The molecule has 1 aliphatic rings. The molecule has 0 saturated heterocycles. The lowest BCUT2D eigenvalue weighted by molar-refractivity contribution is 0.0939. The fourth-order valence-corrected chi connectivity index (χ4v) is 4.89. The van der Waals surface area contributed by atoms with E-state index in [0.29, 0.717) is 22.9 Å². The van der Waals surface area contributed by atoms with Crippen LogP contribution in [0.4, 0.5) is 5.69 Å². The van der Waals surface area contributed by atoms with Crippen molar-refractivity contribution in [3.8, 4) is 11.6 Å². The van der Waals surface area contributed by atoms with Crippen LogP contribution in [0.2, 0.25) is 0 Å². The predicted molar refractivity (Wildman–Crippen MR) is 132 cm³/mol. The van der Waals surface area contributed by atoms with Gasteiger partial charge in [-0.15, -0.1) is 0 Å². The summed E-state index contributed by atoms with van der Waals surface area (Å²) in [5, 5.41) is 2.92. The molecule has 1 heterocycles. The van der Waals surface area contributed by atoms with Crippen LogP contribution in [0, 0.1) is 0 Å². The number of fused-ring (bicyclic) bond motifs is 1. The average molecular weight is 480 g/mol. The minimum Gasteiger partial charge on any atom is -0.439 e. The number of anilines is 1. The molecular weight excluding hydrogens is 450 g/mol. The van der Waals surface area contributed by atoms with Crippen molar-refractivity contribution >= 4 is 21.6 Å². The molecule has 2 aromatic carbocycles. The quantitative estimate of drug-likeness (QED) is 0.469. The van der Waals surface area contributed by atoms with Gasteiger partial charge >= 0.3 is 0 Å². The number of hydrogen-bond donors (Lipinski definition) is 2. The highest BCUT2D eigenvalue weighted by Crippen LogP contribution is 2.26. The summed E-state index contributed by atoms with van der Waals surface area (Å²) in [6, 6.07) is 15.4. The van der Waals surface area contributed by atoms with Gasteiger partial charge in [-0.2, -0.15) is 0 Å². The van der Waals surface area contributed by atoms with Crippen molar-refractivity contribution in [1.82, 2.24) is 10.3 Å². The summed E-state index contributed by atoms with van der Waals surface area (Å²) < 4.78 is 34.0. The summed E-state index contributed by atoms with van der Waals surface area (Å²) in [5.74, 6) is 0.707. The Labute approximate surface area is 200 Å². The van der Waals surface area contributed by atoms with Crippen LogP contribution in [-0.4, -0.2) is 25.4 Å². The molecule has 34 heavy (non-hydrogen) atoms. The highest BCUT2D eigenvalue weighted by molar-refractivity contribution is 7.92. The number of nitrogens with one attached hydrogen (secondary N) is 2. The second kappa shape index (κ2) is 10.3. The number of ether oxygens (including phenoxy) is 1. The van der Waals surface area contributed by atoms with E-state index >= 15 is 0 Å². The van der Waals surface area contributed by atoms with E-state index in [0.717, 1.165) is 37.7 Å². The number of carbonyl (C=O) groups is 1. The standard InChI is InChI=1S/C26H29N3O4S/c1-3-18(2)28-26(30)20-8-12-23(13-9-20)33-25-15-11-22(17-27-25)29-34(31,32)24-14-10-19-6-4-5-7-21(19)16-24/h8-18,29H,3-7H2,1-2H3,(H,28,30). The van der Waals surface area contributed by atoms with Gasteiger partial charge in [0.15, 0.2) is 0 Å². The molecule has 178 valence electrons. The topological polar surface area (TPSA) is 97.4 Å². The zero-order valence-electron chi connectivity index (χ0n) is 19.4. The number of benzene rings is 2. The van der Waals surface area contributed by atoms with E-state index in [2.05, 4.69) is 15.0 Å². The molecule has 1 atom stereocenters. The predicted octanol–water partition coefficient (Wildman–Crippen LogP) is 5.08. The fourth-order valence-electron chi connectivity index (χ4n) is 3.80. The molecule has 0 spiro atoms. The van der Waals surface area contributed by atoms with Crippen LogP contribution in [0.3, 0.4) is 0 Å². The van der Waals surface area contributed by atoms with Gasteiger partial charge in [-0.25, -0.2) is 13.4 Å². The minimum absolute atomic E-state index is 0.107. The van der Waals surface area contributed by atoms with Gasteiger partial charge in [0.25, 0.3) is 15.9 Å². The molecule has 0 fully saturated rings. The molecule has 2 N–H and O–H groups in total. The van der Waals surface area contributed by atoms with Crippen molar-refractivity contribution in [3.63, 3.8) is 0 Å². The maximum atomic E-state index is 12.8. The minimum atomic E-state index is -3.71. The van der Waals surface area contributed by atoms with Crippen LogP contribution in [-0.2, 0) is 22.9 Å². The highest BCUT2D eigenvalue weighted by Gasteiger charge is 2.18. The summed E-state index contributed by atoms with van der Waals surface area (Å²) >= 11 is 0. The number of pyridine rings is 1. The van der Waals surface area contributed by atoms with Crippen molar-refractivity contribution in [3.05, 3.63) is 77.5 Å². The molecule has 1 unspecified atom stereocenters. The normalized spacial score (nSPS) is 14.1. The van der Waals surface area contributed by atoms with Crippen molar-refractivity contribution in [2.75, 3.05) is 4.72 Å². The number of carbonyl (C=O) groups excluding carboxylic acids is 1. The number of hydrogen-bond acceptors (Lipinski definition) is 5. The number of aromatic nitrogens is 1. The van der Waals surface area contributed by atoms with Crippen LogP contribution >= 0.6 is 0 Å². The average Bonchev–Trinajstić information content (AvgIpc) is 2.85. The molecule has 8 heteroatoms. The molecule has 0 aliphatic heterocycles. The van der Waals surface area contributed by atoms with E-state index in [4.69, 9.17) is 4.74 Å². The first-order chi connectivity index (χ1) is 16.3. The van der Waals surface area contributed by atoms with Crippen LogP contribution in [0.15, 0.2) is 65.7 Å². The third kappa shape index (κ3) is 5.75. The van der Waals surface area contributed by atoms with Crippen LogP contribution in [0.5, 0.6) is 11.6 Å². The largest absolute Gasteiger partial charge is 0.439 e. The molecule has 4 rings (SSSR count). The fraction of sp³-hybridized carbons (Fsp3) is 0.308. The Balaban J connectivity index is 1.39. The lowest BCUT2D eigenvalue weighted by Gasteiger charge is -2.17. The number of aryl methyl sites for hydroxylation is 2. The van der Waals surface area contributed by atoms with E-state index in [9.17, 15) is 13.2 Å². The number of sulfonamides is 1. The Kier molecular flexibility index (Phi) is 7.17. The molecule has 1 amide bonds. The van der Waals surface area contributed by atoms with Crippen molar-refractivity contribution < 1.29 is 17.9 Å². The van der Waals surface area contributed by atoms with Crippen LogP contribution < -0.4 is 14.8 Å². The van der Waals surface area contributed by atoms with Crippen molar-refractivity contribution in [1.29, 1.82) is 0 Å². The molecular formula is C26H29N3O4S. The number of nitrogens with zero attached hydrogens (tertiary/aromatic N) is 1. The second-order valence-electron chi connectivity index (χ2n) is 8.54. The van der Waals surface area contributed by atoms with Crippen molar-refractivity contribution in [2.45, 2.75) is 56.9 Å². The Morgan fingerprint density at radius 1 is 1.03 bits per heavy atom. The van der Waals surface area contributed by atoms with Crippen molar-refractivity contribution in [2.24, 2.45) is 0 Å². The van der Waals surface area contributed by atoms with Gasteiger partial charge in [0.1, 0.15) is 5.75 Å². The Bertz CT molecular complexity index is 1260. The van der Waals surface area contributed by atoms with E-state index in [1.165, 1.54) is 11.8 Å². The van der Waals surface area contributed by atoms with Crippen LogP contribution in [0.25, 0.3) is 0 Å². The lowest BCUT2D eigenvalue weighted by atomic mass is 9.92. The summed E-state index contributed by atoms with van der Waals surface area (Å²) in [4.78, 5) is 16.6. The molecule has 1 aromatic heterocycles. The SMILES string of the molecule is CCC(C)NC(=O)c1ccc(Oc2ccc(NS(=O)(=O)c3ccc4c(c3)CCCC4)cn2)cc1.